The standard InChI is InChI=1S/C25H24N2O2S/c1-18-11-14-20(15-12-18)27-24(29)17-30-25(27)21-9-5-6-10-22(21)26-23(28)16-13-19-7-3-2-4-8-19/h2-12,14-15,25H,13,16-17H2,1H3,(H,26,28)/t25-/m1/s1. The van der Waals surface area contributed by atoms with Crippen LogP contribution < -0.4 is 10.2 Å². The van der Waals surface area contributed by atoms with Crippen molar-refractivity contribution in [3.8, 4) is 0 Å². The first-order chi connectivity index (χ1) is 14.6. The van der Waals surface area contributed by atoms with Gasteiger partial charge in [-0.15, -0.1) is 11.8 Å². The molecule has 152 valence electrons. The highest BCUT2D eigenvalue weighted by Gasteiger charge is 2.35. The summed E-state index contributed by atoms with van der Waals surface area (Å²) >= 11 is 1.59. The lowest BCUT2D eigenvalue weighted by Gasteiger charge is -2.26. The molecule has 1 aliphatic rings. The van der Waals surface area contributed by atoms with Crippen LogP contribution in [0.25, 0.3) is 0 Å². The minimum absolute atomic E-state index is 0.0255. The third-order valence-electron chi connectivity index (χ3n) is 5.16. The molecule has 0 bridgehead atoms. The van der Waals surface area contributed by atoms with E-state index in [-0.39, 0.29) is 17.2 Å². The fourth-order valence-electron chi connectivity index (χ4n) is 3.58. The molecule has 0 aromatic heterocycles. The summed E-state index contributed by atoms with van der Waals surface area (Å²) in [6.45, 7) is 2.03. The molecule has 3 aromatic carbocycles. The molecule has 0 aliphatic carbocycles. The normalized spacial score (nSPS) is 16.0. The van der Waals surface area contributed by atoms with Crippen LogP contribution in [-0.2, 0) is 16.0 Å². The van der Waals surface area contributed by atoms with Crippen LogP contribution in [0, 0.1) is 6.92 Å². The molecule has 1 heterocycles. The monoisotopic (exact) mass is 416 g/mol. The third kappa shape index (κ3) is 4.57. The van der Waals surface area contributed by atoms with Gasteiger partial charge >= 0.3 is 0 Å². The maximum Gasteiger partial charge on any atom is 0.238 e. The Morgan fingerprint density at radius 2 is 1.70 bits per heavy atom. The van der Waals surface area contributed by atoms with Gasteiger partial charge in [-0.3, -0.25) is 14.5 Å². The van der Waals surface area contributed by atoms with Gasteiger partial charge < -0.3 is 5.32 Å². The molecule has 1 aliphatic heterocycles. The molecule has 3 aromatic rings. The Morgan fingerprint density at radius 3 is 2.47 bits per heavy atom. The van der Waals surface area contributed by atoms with Crippen molar-refractivity contribution < 1.29 is 9.59 Å². The number of carbonyl (C=O) groups excluding carboxylic acids is 2. The van der Waals surface area contributed by atoms with Gasteiger partial charge in [0.2, 0.25) is 11.8 Å². The summed E-state index contributed by atoms with van der Waals surface area (Å²) in [4.78, 5) is 27.1. The largest absolute Gasteiger partial charge is 0.326 e. The smallest absolute Gasteiger partial charge is 0.238 e. The third-order valence-corrected chi connectivity index (χ3v) is 6.36. The van der Waals surface area contributed by atoms with Gasteiger partial charge in [0, 0.05) is 23.4 Å². The SMILES string of the molecule is Cc1ccc(N2C(=O)CS[C@@H]2c2ccccc2NC(=O)CCc2ccccc2)cc1. The van der Waals surface area contributed by atoms with Crippen LogP contribution >= 0.6 is 11.8 Å². The Kier molecular flexibility index (Phi) is 6.19. The van der Waals surface area contributed by atoms with Gasteiger partial charge in [-0.25, -0.2) is 0 Å². The zero-order valence-electron chi connectivity index (χ0n) is 16.9. The van der Waals surface area contributed by atoms with Gasteiger partial charge in [-0.05, 0) is 37.1 Å². The maximum absolute atomic E-state index is 12.7. The Labute approximate surface area is 181 Å². The van der Waals surface area contributed by atoms with E-state index in [1.807, 2.05) is 90.7 Å². The highest BCUT2D eigenvalue weighted by atomic mass is 32.2. The molecule has 4 nitrogen and oxygen atoms in total. The lowest BCUT2D eigenvalue weighted by atomic mass is 10.1. The van der Waals surface area contributed by atoms with Crippen molar-refractivity contribution in [2.45, 2.75) is 25.1 Å². The molecule has 4 rings (SSSR count). The zero-order chi connectivity index (χ0) is 20.9. The van der Waals surface area contributed by atoms with E-state index in [9.17, 15) is 9.59 Å². The molecule has 0 radical (unpaired) electrons. The molecule has 0 unspecified atom stereocenters. The first-order valence-electron chi connectivity index (χ1n) is 10.0. The second kappa shape index (κ2) is 9.18. The summed E-state index contributed by atoms with van der Waals surface area (Å²) in [6.07, 6.45) is 1.11. The van der Waals surface area contributed by atoms with E-state index >= 15 is 0 Å². The number of carbonyl (C=O) groups is 2. The predicted octanol–water partition coefficient (Wildman–Crippen LogP) is 5.34. The molecular weight excluding hydrogens is 392 g/mol. The molecule has 2 amide bonds. The number of amides is 2. The highest BCUT2D eigenvalue weighted by Crippen LogP contribution is 2.44. The van der Waals surface area contributed by atoms with Crippen molar-refractivity contribution in [2.75, 3.05) is 16.0 Å². The maximum atomic E-state index is 12.7. The lowest BCUT2D eigenvalue weighted by molar-refractivity contribution is -0.116. The van der Waals surface area contributed by atoms with E-state index in [0.29, 0.717) is 18.6 Å². The van der Waals surface area contributed by atoms with E-state index < -0.39 is 0 Å². The predicted molar refractivity (Wildman–Crippen MR) is 124 cm³/mol. The average molecular weight is 417 g/mol. The van der Waals surface area contributed by atoms with Crippen LogP contribution in [0.4, 0.5) is 11.4 Å². The van der Waals surface area contributed by atoms with E-state index in [2.05, 4.69) is 5.32 Å². The number of aryl methyl sites for hydroxylation is 2. The van der Waals surface area contributed by atoms with E-state index in [1.165, 1.54) is 0 Å². The zero-order valence-corrected chi connectivity index (χ0v) is 17.7. The van der Waals surface area contributed by atoms with Crippen molar-refractivity contribution in [2.24, 2.45) is 0 Å². The first-order valence-corrected chi connectivity index (χ1v) is 11.1. The molecule has 1 atom stereocenters. The van der Waals surface area contributed by atoms with Crippen LogP contribution in [0.1, 0.15) is 28.5 Å². The van der Waals surface area contributed by atoms with Gasteiger partial charge in [0.15, 0.2) is 0 Å². The van der Waals surface area contributed by atoms with Crippen molar-refractivity contribution in [1.29, 1.82) is 0 Å². The summed E-state index contributed by atoms with van der Waals surface area (Å²) < 4.78 is 0. The number of para-hydroxylation sites is 1. The topological polar surface area (TPSA) is 49.4 Å². The van der Waals surface area contributed by atoms with Gasteiger partial charge in [0.05, 0.1) is 5.75 Å². The number of hydrogen-bond donors (Lipinski definition) is 1. The van der Waals surface area contributed by atoms with Crippen molar-refractivity contribution >= 4 is 35.0 Å². The van der Waals surface area contributed by atoms with E-state index in [4.69, 9.17) is 0 Å². The van der Waals surface area contributed by atoms with Crippen molar-refractivity contribution in [3.63, 3.8) is 0 Å². The van der Waals surface area contributed by atoms with Gasteiger partial charge in [-0.1, -0.05) is 66.2 Å². The molecule has 1 saturated heterocycles. The minimum Gasteiger partial charge on any atom is -0.326 e. The summed E-state index contributed by atoms with van der Waals surface area (Å²) in [7, 11) is 0. The van der Waals surface area contributed by atoms with Crippen LogP contribution in [0.2, 0.25) is 0 Å². The van der Waals surface area contributed by atoms with Crippen LogP contribution in [-0.4, -0.2) is 17.6 Å². The Balaban J connectivity index is 1.52. The molecule has 5 heteroatoms. The number of nitrogens with zero attached hydrogens (tertiary/aromatic N) is 1. The van der Waals surface area contributed by atoms with E-state index in [0.717, 1.165) is 28.1 Å². The second-order valence-electron chi connectivity index (χ2n) is 7.38. The van der Waals surface area contributed by atoms with Crippen LogP contribution in [0.15, 0.2) is 78.9 Å². The lowest BCUT2D eigenvalue weighted by Crippen LogP contribution is -2.28. The van der Waals surface area contributed by atoms with Crippen molar-refractivity contribution in [3.05, 3.63) is 95.6 Å². The number of hydrogen-bond acceptors (Lipinski definition) is 3. The molecular formula is C25H24N2O2S. The quantitative estimate of drug-likeness (QED) is 0.590. The number of rotatable bonds is 6. The minimum atomic E-state index is -0.161. The summed E-state index contributed by atoms with van der Waals surface area (Å²) in [5, 5.41) is 2.90. The number of benzene rings is 3. The molecule has 0 saturated carbocycles. The average Bonchev–Trinajstić information content (AvgIpc) is 3.15. The summed E-state index contributed by atoms with van der Waals surface area (Å²) in [6, 6.07) is 25.7. The van der Waals surface area contributed by atoms with Crippen LogP contribution in [0.5, 0.6) is 0 Å². The fraction of sp³-hybridized carbons (Fsp3) is 0.200. The van der Waals surface area contributed by atoms with Gasteiger partial charge in [0.25, 0.3) is 0 Å². The second-order valence-corrected chi connectivity index (χ2v) is 8.45. The van der Waals surface area contributed by atoms with Crippen LogP contribution in [0.3, 0.4) is 0 Å². The fourth-order valence-corrected chi connectivity index (χ4v) is 4.79. The van der Waals surface area contributed by atoms with E-state index in [1.54, 1.807) is 11.8 Å². The Bertz CT molecular complexity index is 1030. The number of anilines is 2. The molecule has 30 heavy (non-hydrogen) atoms. The van der Waals surface area contributed by atoms with Crippen molar-refractivity contribution in [1.82, 2.24) is 0 Å². The number of nitrogens with one attached hydrogen (secondary N) is 1. The summed E-state index contributed by atoms with van der Waals surface area (Å²) in [5.74, 6) is 0.482. The highest BCUT2D eigenvalue weighted by molar-refractivity contribution is 8.00. The first kappa shape index (κ1) is 20.2. The molecule has 0 spiro atoms. The molecule has 1 fully saturated rings. The summed E-state index contributed by atoms with van der Waals surface area (Å²) in [5.41, 5.74) is 4.89. The Hall–Kier alpha value is -3.05. The Morgan fingerprint density at radius 1 is 1.00 bits per heavy atom. The molecule has 1 N–H and O–H groups in total. The van der Waals surface area contributed by atoms with Gasteiger partial charge in [0.1, 0.15) is 5.37 Å². The number of thioether (sulfide) groups is 1. The van der Waals surface area contributed by atoms with Gasteiger partial charge in [-0.2, -0.15) is 0 Å².